The number of halogens is 2. The van der Waals surface area contributed by atoms with E-state index in [1.54, 1.807) is 0 Å². The van der Waals surface area contributed by atoms with E-state index in [4.69, 9.17) is 14.6 Å². The fraction of sp³-hybridized carbons (Fsp3) is 0.308. The Labute approximate surface area is 237 Å². The minimum Gasteiger partial charge on any atom is -0.479 e. The quantitative estimate of drug-likeness (QED) is 0.298. The summed E-state index contributed by atoms with van der Waals surface area (Å²) in [6.07, 6.45) is 1.21. The molecule has 208 valence electrons. The summed E-state index contributed by atoms with van der Waals surface area (Å²) in [5, 5.41) is 12.5. The molecule has 4 rings (SSSR count). The van der Waals surface area contributed by atoms with Crippen molar-refractivity contribution in [2.24, 2.45) is 0 Å². The first-order valence-electron chi connectivity index (χ1n) is 11.9. The largest absolute Gasteiger partial charge is 0.479 e. The van der Waals surface area contributed by atoms with E-state index in [2.05, 4.69) is 21.2 Å². The van der Waals surface area contributed by atoms with Crippen LogP contribution in [0, 0.1) is 5.82 Å². The number of anilines is 1. The van der Waals surface area contributed by atoms with Crippen molar-refractivity contribution in [3.63, 3.8) is 0 Å². The van der Waals surface area contributed by atoms with Crippen LogP contribution in [0.15, 0.2) is 53.0 Å². The van der Waals surface area contributed by atoms with Gasteiger partial charge in [-0.2, -0.15) is 0 Å². The SMILES string of the molecule is COC(=O)c1sc(-c2cccc(NC3CCN(S(=O)(=O)Cc4ccc(F)cc4)CC3)c2)c(Br)c1OCC(=O)O. The van der Waals surface area contributed by atoms with Gasteiger partial charge in [-0.3, -0.25) is 0 Å². The Morgan fingerprint density at radius 1 is 1.18 bits per heavy atom. The number of carboxylic acid groups (broad SMARTS) is 1. The average Bonchev–Trinajstić information content (AvgIpc) is 3.24. The second-order valence-corrected chi connectivity index (χ2v) is 12.6. The molecule has 0 bridgehead atoms. The Kier molecular flexibility index (Phi) is 9.26. The van der Waals surface area contributed by atoms with Gasteiger partial charge in [-0.25, -0.2) is 26.7 Å². The summed E-state index contributed by atoms with van der Waals surface area (Å²) in [4.78, 5) is 24.1. The van der Waals surface area contributed by atoms with Gasteiger partial charge < -0.3 is 19.9 Å². The van der Waals surface area contributed by atoms with Gasteiger partial charge in [0.15, 0.2) is 17.2 Å². The number of rotatable bonds is 10. The number of methoxy groups -OCH3 is 1. The van der Waals surface area contributed by atoms with Crippen LogP contribution in [0.25, 0.3) is 10.4 Å². The average molecular weight is 642 g/mol. The van der Waals surface area contributed by atoms with Crippen molar-refractivity contribution in [3.05, 3.63) is 69.3 Å². The summed E-state index contributed by atoms with van der Waals surface area (Å²) in [7, 11) is -2.28. The standard InChI is InChI=1S/C26H26BrFN2O7S2/c1-36-26(33)25-23(37-14-21(31)32)22(27)24(38-25)17-3-2-4-20(13-17)29-19-9-11-30(12-10-19)39(34,35)15-16-5-7-18(28)8-6-16/h2-8,13,19,29H,9-12,14-15H2,1H3,(H,31,32). The van der Waals surface area contributed by atoms with E-state index in [1.165, 1.54) is 35.7 Å². The molecule has 39 heavy (non-hydrogen) atoms. The lowest BCUT2D eigenvalue weighted by atomic mass is 10.1. The number of nitrogens with zero attached hydrogens (tertiary/aromatic N) is 1. The second-order valence-electron chi connectivity index (χ2n) is 8.86. The molecule has 2 heterocycles. The first kappa shape index (κ1) is 29.0. The molecular formula is C26H26BrFN2O7S2. The van der Waals surface area contributed by atoms with Crippen LogP contribution in [0.1, 0.15) is 28.1 Å². The molecule has 1 fully saturated rings. The number of carbonyl (C=O) groups is 2. The summed E-state index contributed by atoms with van der Waals surface area (Å²) in [5.41, 5.74) is 2.12. The highest BCUT2D eigenvalue weighted by Crippen LogP contribution is 2.46. The Bertz CT molecular complexity index is 1450. The van der Waals surface area contributed by atoms with Crippen LogP contribution in [-0.4, -0.2) is 62.6 Å². The first-order chi connectivity index (χ1) is 18.6. The summed E-state index contributed by atoms with van der Waals surface area (Å²) in [6.45, 7) is 0.118. The van der Waals surface area contributed by atoms with Crippen molar-refractivity contribution in [2.75, 3.05) is 32.1 Å². The van der Waals surface area contributed by atoms with E-state index >= 15 is 0 Å². The van der Waals surface area contributed by atoms with Crippen molar-refractivity contribution in [2.45, 2.75) is 24.6 Å². The van der Waals surface area contributed by atoms with Crippen LogP contribution in [0.2, 0.25) is 0 Å². The zero-order chi connectivity index (χ0) is 28.2. The number of piperidine rings is 1. The number of carboxylic acids is 1. The van der Waals surface area contributed by atoms with Crippen molar-refractivity contribution < 1.29 is 37.0 Å². The number of hydrogen-bond donors (Lipinski definition) is 2. The summed E-state index contributed by atoms with van der Waals surface area (Å²) >= 11 is 4.57. The lowest BCUT2D eigenvalue weighted by molar-refractivity contribution is -0.139. The van der Waals surface area contributed by atoms with Gasteiger partial charge in [0.05, 0.1) is 22.2 Å². The number of nitrogens with one attached hydrogen (secondary N) is 1. The van der Waals surface area contributed by atoms with Gasteiger partial charge >= 0.3 is 11.9 Å². The van der Waals surface area contributed by atoms with Crippen LogP contribution in [0.3, 0.4) is 0 Å². The first-order valence-corrected chi connectivity index (χ1v) is 15.1. The summed E-state index contributed by atoms with van der Waals surface area (Å²) < 4.78 is 51.0. The molecule has 1 aliphatic heterocycles. The highest BCUT2D eigenvalue weighted by molar-refractivity contribution is 9.10. The maximum absolute atomic E-state index is 13.1. The molecule has 0 spiro atoms. The lowest BCUT2D eigenvalue weighted by Crippen LogP contribution is -2.42. The molecule has 13 heteroatoms. The third-order valence-electron chi connectivity index (χ3n) is 6.13. The monoisotopic (exact) mass is 640 g/mol. The Morgan fingerprint density at radius 2 is 1.87 bits per heavy atom. The normalized spacial score (nSPS) is 14.6. The number of esters is 1. The Hall–Kier alpha value is -3.00. The van der Waals surface area contributed by atoms with Gasteiger partial charge in [-0.15, -0.1) is 11.3 Å². The predicted molar refractivity (Wildman–Crippen MR) is 149 cm³/mol. The zero-order valence-electron chi connectivity index (χ0n) is 20.9. The molecule has 0 aliphatic carbocycles. The van der Waals surface area contributed by atoms with Gasteiger partial charge in [0.25, 0.3) is 0 Å². The number of benzene rings is 2. The number of thiophene rings is 1. The van der Waals surface area contributed by atoms with Crippen molar-refractivity contribution in [3.8, 4) is 16.2 Å². The summed E-state index contributed by atoms with van der Waals surface area (Å²) in [5.74, 6) is -2.28. The molecule has 1 aromatic heterocycles. The zero-order valence-corrected chi connectivity index (χ0v) is 24.1. The van der Waals surface area contributed by atoms with Gasteiger partial charge in [0.2, 0.25) is 10.0 Å². The fourth-order valence-corrected chi connectivity index (χ4v) is 7.75. The molecule has 0 amide bonds. The maximum atomic E-state index is 13.1. The van der Waals surface area contributed by atoms with Crippen molar-refractivity contribution in [1.82, 2.24) is 4.31 Å². The van der Waals surface area contributed by atoms with E-state index < -0.39 is 34.4 Å². The minimum atomic E-state index is -3.52. The topological polar surface area (TPSA) is 122 Å². The number of sulfonamides is 1. The van der Waals surface area contributed by atoms with Gasteiger partial charge in [-0.05, 0) is 64.2 Å². The van der Waals surface area contributed by atoms with Crippen LogP contribution >= 0.6 is 27.3 Å². The smallest absolute Gasteiger partial charge is 0.351 e. The number of ether oxygens (including phenoxy) is 2. The molecule has 0 atom stereocenters. The van der Waals surface area contributed by atoms with Crippen LogP contribution in [0.4, 0.5) is 10.1 Å². The van der Waals surface area contributed by atoms with Gasteiger partial charge in [0, 0.05) is 24.8 Å². The Balaban J connectivity index is 1.43. The number of hydrogen-bond acceptors (Lipinski definition) is 8. The van der Waals surface area contributed by atoms with Crippen LogP contribution < -0.4 is 10.1 Å². The van der Waals surface area contributed by atoms with E-state index in [9.17, 15) is 22.4 Å². The molecule has 1 aliphatic rings. The lowest BCUT2D eigenvalue weighted by Gasteiger charge is -2.32. The van der Waals surface area contributed by atoms with Gasteiger partial charge in [0.1, 0.15) is 5.82 Å². The Morgan fingerprint density at radius 3 is 2.51 bits per heavy atom. The third kappa shape index (κ3) is 7.15. The van der Waals surface area contributed by atoms with Crippen molar-refractivity contribution in [1.29, 1.82) is 0 Å². The highest BCUT2D eigenvalue weighted by Gasteiger charge is 2.29. The van der Waals surface area contributed by atoms with E-state index in [1.807, 2.05) is 24.3 Å². The van der Waals surface area contributed by atoms with E-state index in [0.717, 1.165) is 22.6 Å². The third-order valence-corrected chi connectivity index (χ3v) is 10.2. The predicted octanol–water partition coefficient (Wildman–Crippen LogP) is 4.97. The van der Waals surface area contributed by atoms with Gasteiger partial charge in [-0.1, -0.05) is 24.3 Å². The second kappa shape index (κ2) is 12.5. The summed E-state index contributed by atoms with van der Waals surface area (Å²) in [6, 6.07) is 13.0. The van der Waals surface area contributed by atoms with Crippen LogP contribution in [-0.2, 0) is 25.3 Å². The molecule has 1 saturated heterocycles. The fourth-order valence-electron chi connectivity index (χ4n) is 4.22. The molecule has 0 saturated carbocycles. The molecule has 0 unspecified atom stereocenters. The molecular weight excluding hydrogens is 615 g/mol. The molecule has 9 nitrogen and oxygen atoms in total. The van der Waals surface area contributed by atoms with Crippen LogP contribution in [0.5, 0.6) is 5.75 Å². The minimum absolute atomic E-state index is 0.0457. The number of aliphatic carboxylic acids is 1. The van der Waals surface area contributed by atoms with E-state index in [0.29, 0.717) is 40.8 Å². The number of carbonyl (C=O) groups excluding carboxylic acids is 1. The van der Waals surface area contributed by atoms with E-state index in [-0.39, 0.29) is 22.4 Å². The van der Waals surface area contributed by atoms with Crippen molar-refractivity contribution >= 4 is 54.9 Å². The molecule has 2 N–H and O–H groups in total. The molecule has 3 aromatic rings. The molecule has 0 radical (unpaired) electrons. The maximum Gasteiger partial charge on any atom is 0.351 e. The molecule has 2 aromatic carbocycles. The highest BCUT2D eigenvalue weighted by atomic mass is 79.9.